The van der Waals surface area contributed by atoms with E-state index >= 15 is 0 Å². The van der Waals surface area contributed by atoms with Crippen LogP contribution in [0.3, 0.4) is 0 Å². The van der Waals surface area contributed by atoms with Crippen molar-refractivity contribution in [2.24, 2.45) is 5.92 Å². The molecule has 0 spiro atoms. The van der Waals surface area contributed by atoms with Gasteiger partial charge in [0.05, 0.1) is 23.7 Å². The number of thiazole rings is 1. The van der Waals surface area contributed by atoms with Crippen LogP contribution in [0.1, 0.15) is 24.1 Å². The van der Waals surface area contributed by atoms with Gasteiger partial charge in [0.2, 0.25) is 11.8 Å². The SMILES string of the molecule is N#Cc1cccc(NC(=O)Cc2csc(NC(=O)C3CC3)n2)c1. The van der Waals surface area contributed by atoms with Crippen LogP contribution in [-0.2, 0) is 16.0 Å². The Hall–Kier alpha value is -2.72. The standard InChI is InChI=1S/C16H14N4O2S/c17-8-10-2-1-3-12(6-10)18-14(21)7-13-9-23-16(19-13)20-15(22)11-4-5-11/h1-3,6,9,11H,4-5,7H2,(H,18,21)(H,19,20,22). The average Bonchev–Trinajstić information content (AvgIpc) is 3.30. The van der Waals surface area contributed by atoms with E-state index in [9.17, 15) is 9.59 Å². The number of aromatic nitrogens is 1. The molecule has 2 N–H and O–H groups in total. The van der Waals surface area contributed by atoms with Crippen molar-refractivity contribution in [3.05, 3.63) is 40.9 Å². The largest absolute Gasteiger partial charge is 0.326 e. The monoisotopic (exact) mass is 326 g/mol. The lowest BCUT2D eigenvalue weighted by Gasteiger charge is -2.04. The predicted octanol–water partition coefficient (Wildman–Crippen LogP) is 2.54. The molecule has 0 aliphatic heterocycles. The van der Waals surface area contributed by atoms with E-state index < -0.39 is 0 Å². The van der Waals surface area contributed by atoms with Crippen molar-refractivity contribution in [1.82, 2.24) is 4.98 Å². The Morgan fingerprint density at radius 3 is 2.91 bits per heavy atom. The number of carbonyl (C=O) groups excluding carboxylic acids is 2. The Balaban J connectivity index is 1.56. The quantitative estimate of drug-likeness (QED) is 0.882. The van der Waals surface area contributed by atoms with E-state index in [1.165, 1.54) is 11.3 Å². The van der Waals surface area contributed by atoms with E-state index in [0.717, 1.165) is 12.8 Å². The van der Waals surface area contributed by atoms with E-state index in [4.69, 9.17) is 5.26 Å². The third-order valence-electron chi connectivity index (χ3n) is 3.35. The van der Waals surface area contributed by atoms with Crippen molar-refractivity contribution in [3.63, 3.8) is 0 Å². The molecule has 1 saturated carbocycles. The topological polar surface area (TPSA) is 94.9 Å². The molecule has 1 fully saturated rings. The number of benzene rings is 1. The number of hydrogen-bond acceptors (Lipinski definition) is 5. The lowest BCUT2D eigenvalue weighted by molar-refractivity contribution is -0.117. The van der Waals surface area contributed by atoms with Crippen molar-refractivity contribution in [1.29, 1.82) is 5.26 Å². The maximum atomic E-state index is 12.0. The molecule has 116 valence electrons. The van der Waals surface area contributed by atoms with Crippen molar-refractivity contribution in [2.45, 2.75) is 19.3 Å². The highest BCUT2D eigenvalue weighted by atomic mass is 32.1. The second kappa shape index (κ2) is 6.58. The number of anilines is 2. The summed E-state index contributed by atoms with van der Waals surface area (Å²) < 4.78 is 0. The number of rotatable bonds is 5. The number of carbonyl (C=O) groups is 2. The third-order valence-corrected chi connectivity index (χ3v) is 4.15. The number of amides is 2. The molecule has 7 heteroatoms. The Labute approximate surface area is 137 Å². The molecule has 1 aliphatic rings. The first kappa shape index (κ1) is 15.2. The van der Waals surface area contributed by atoms with Gasteiger partial charge in [-0.3, -0.25) is 9.59 Å². The minimum absolute atomic E-state index is 0.00340. The van der Waals surface area contributed by atoms with E-state index in [1.54, 1.807) is 29.6 Å². The van der Waals surface area contributed by atoms with Crippen LogP contribution < -0.4 is 10.6 Å². The predicted molar refractivity (Wildman–Crippen MR) is 87.0 cm³/mol. The molecule has 2 amide bonds. The maximum Gasteiger partial charge on any atom is 0.230 e. The average molecular weight is 326 g/mol. The highest BCUT2D eigenvalue weighted by molar-refractivity contribution is 7.13. The summed E-state index contributed by atoms with van der Waals surface area (Å²) >= 11 is 1.31. The molecule has 0 radical (unpaired) electrons. The molecule has 0 bridgehead atoms. The van der Waals surface area contributed by atoms with E-state index in [2.05, 4.69) is 15.6 Å². The third kappa shape index (κ3) is 4.14. The molecule has 0 saturated heterocycles. The lowest BCUT2D eigenvalue weighted by Crippen LogP contribution is -2.15. The molecule has 3 rings (SSSR count). The zero-order chi connectivity index (χ0) is 16.2. The molecule has 0 atom stereocenters. The summed E-state index contributed by atoms with van der Waals surface area (Å²) in [5.41, 5.74) is 1.67. The molecular formula is C16H14N4O2S. The Morgan fingerprint density at radius 1 is 1.35 bits per heavy atom. The van der Waals surface area contributed by atoms with Crippen molar-refractivity contribution in [2.75, 3.05) is 10.6 Å². The summed E-state index contributed by atoms with van der Waals surface area (Å²) in [5.74, 6) is -0.0906. The molecule has 1 aromatic heterocycles. The zero-order valence-electron chi connectivity index (χ0n) is 12.2. The number of nitrogens with one attached hydrogen (secondary N) is 2. The fourth-order valence-corrected chi connectivity index (χ4v) is 2.75. The maximum absolute atomic E-state index is 12.0. The molecular weight excluding hydrogens is 312 g/mol. The molecule has 23 heavy (non-hydrogen) atoms. The van der Waals surface area contributed by atoms with Gasteiger partial charge in [-0.15, -0.1) is 11.3 Å². The van der Waals surface area contributed by atoms with Crippen molar-refractivity contribution >= 4 is 34.0 Å². The van der Waals surface area contributed by atoms with Gasteiger partial charge in [0.1, 0.15) is 0 Å². The Bertz CT molecular complexity index is 789. The van der Waals surface area contributed by atoms with Crippen LogP contribution in [0.4, 0.5) is 10.8 Å². The molecule has 0 unspecified atom stereocenters. The molecule has 2 aromatic rings. The first-order valence-electron chi connectivity index (χ1n) is 7.19. The van der Waals surface area contributed by atoms with Crippen molar-refractivity contribution in [3.8, 4) is 6.07 Å². The Morgan fingerprint density at radius 2 is 2.17 bits per heavy atom. The number of nitrogens with zero attached hydrogens (tertiary/aromatic N) is 2. The van der Waals surface area contributed by atoms with Gasteiger partial charge in [-0.25, -0.2) is 4.98 Å². The molecule has 6 nitrogen and oxygen atoms in total. The summed E-state index contributed by atoms with van der Waals surface area (Å²) in [6.45, 7) is 0. The highest BCUT2D eigenvalue weighted by Gasteiger charge is 2.30. The first-order chi connectivity index (χ1) is 11.1. The van der Waals surface area contributed by atoms with Gasteiger partial charge < -0.3 is 10.6 Å². The highest BCUT2D eigenvalue weighted by Crippen LogP contribution is 2.30. The molecule has 1 heterocycles. The normalized spacial score (nSPS) is 13.2. The van der Waals surface area contributed by atoms with Gasteiger partial charge >= 0.3 is 0 Å². The van der Waals surface area contributed by atoms with Crippen LogP contribution >= 0.6 is 11.3 Å². The smallest absolute Gasteiger partial charge is 0.230 e. The minimum atomic E-state index is -0.217. The summed E-state index contributed by atoms with van der Waals surface area (Å²) in [7, 11) is 0. The van der Waals surface area contributed by atoms with Crippen LogP contribution in [0.5, 0.6) is 0 Å². The van der Waals surface area contributed by atoms with Crippen LogP contribution in [0.15, 0.2) is 29.6 Å². The van der Waals surface area contributed by atoms with Crippen LogP contribution in [0.2, 0.25) is 0 Å². The van der Waals surface area contributed by atoms with Gasteiger partial charge in [0.25, 0.3) is 0 Å². The minimum Gasteiger partial charge on any atom is -0.326 e. The van der Waals surface area contributed by atoms with E-state index in [0.29, 0.717) is 22.1 Å². The lowest BCUT2D eigenvalue weighted by atomic mass is 10.2. The van der Waals surface area contributed by atoms with Gasteiger partial charge in [-0.05, 0) is 31.0 Å². The second-order valence-electron chi connectivity index (χ2n) is 5.33. The summed E-state index contributed by atoms with van der Waals surface area (Å²) in [6, 6.07) is 8.74. The zero-order valence-corrected chi connectivity index (χ0v) is 13.0. The molecule has 1 aromatic carbocycles. The second-order valence-corrected chi connectivity index (χ2v) is 6.18. The van der Waals surface area contributed by atoms with Gasteiger partial charge in [-0.2, -0.15) is 5.26 Å². The number of hydrogen-bond donors (Lipinski definition) is 2. The van der Waals surface area contributed by atoms with Crippen LogP contribution in [0.25, 0.3) is 0 Å². The summed E-state index contributed by atoms with van der Waals surface area (Å²) in [6.07, 6.45) is 2.00. The van der Waals surface area contributed by atoms with E-state index in [1.807, 2.05) is 6.07 Å². The van der Waals surface area contributed by atoms with Crippen LogP contribution in [0, 0.1) is 17.2 Å². The fraction of sp³-hybridized carbons (Fsp3) is 0.250. The molecule has 1 aliphatic carbocycles. The summed E-state index contributed by atoms with van der Waals surface area (Å²) in [4.78, 5) is 27.9. The number of nitriles is 1. The van der Waals surface area contributed by atoms with Gasteiger partial charge in [0, 0.05) is 17.0 Å². The first-order valence-corrected chi connectivity index (χ1v) is 8.07. The van der Waals surface area contributed by atoms with E-state index in [-0.39, 0.29) is 24.2 Å². The van der Waals surface area contributed by atoms with Gasteiger partial charge in [0.15, 0.2) is 5.13 Å². The Kier molecular flexibility index (Phi) is 4.35. The summed E-state index contributed by atoms with van der Waals surface area (Å²) in [5, 5.41) is 16.6. The van der Waals surface area contributed by atoms with Gasteiger partial charge in [-0.1, -0.05) is 6.07 Å². The fourth-order valence-electron chi connectivity index (χ4n) is 2.03. The van der Waals surface area contributed by atoms with Crippen molar-refractivity contribution < 1.29 is 9.59 Å². The van der Waals surface area contributed by atoms with Crippen LogP contribution in [-0.4, -0.2) is 16.8 Å².